The molecule has 3 fully saturated rings. The van der Waals surface area contributed by atoms with E-state index in [-0.39, 0.29) is 30.3 Å². The molecule has 0 bridgehead atoms. The zero-order chi connectivity index (χ0) is 30.2. The molecular weight excluding hydrogens is 564 g/mol. The third-order valence-electron chi connectivity index (χ3n) is 8.95. The van der Waals surface area contributed by atoms with E-state index in [1.165, 1.54) is 5.56 Å². The molecule has 5 heterocycles. The Hall–Kier alpha value is -4.13. The standard InChI is InChI=1S/C32H36N6O6/c1-42-19-23-16-36(15-20-2-5-26-21(12-20)14-33-32(34-26)37-8-10-43-11-9-37)18-28(23)44-24-3-4-25-22(13-24)17-38(31(25)41)27-6-7-29(39)35-30(27)40/h2-5,12-14,23,27-28H,6-11,15-19H2,1H3,(H,35,39,40)/t23-,27?,28+/m0/s1. The molecule has 3 saturated heterocycles. The Morgan fingerprint density at radius 3 is 2.75 bits per heavy atom. The third kappa shape index (κ3) is 5.72. The van der Waals surface area contributed by atoms with E-state index in [2.05, 4.69) is 38.3 Å². The van der Waals surface area contributed by atoms with Crippen LogP contribution in [0.5, 0.6) is 5.75 Å². The van der Waals surface area contributed by atoms with Gasteiger partial charge in [-0.1, -0.05) is 6.07 Å². The van der Waals surface area contributed by atoms with Crippen LogP contribution in [0.1, 0.15) is 34.3 Å². The second kappa shape index (κ2) is 12.1. The molecule has 12 heteroatoms. The molecule has 1 unspecified atom stereocenters. The fraction of sp³-hybridized carbons (Fsp3) is 0.469. The minimum absolute atomic E-state index is 0.0868. The average Bonchev–Trinajstić information content (AvgIpc) is 3.56. The van der Waals surface area contributed by atoms with Gasteiger partial charge in [-0.05, 0) is 47.9 Å². The number of carbonyl (C=O) groups is 3. The maximum Gasteiger partial charge on any atom is 0.255 e. The summed E-state index contributed by atoms with van der Waals surface area (Å²) in [5.74, 6) is 0.709. The number of rotatable bonds is 8. The summed E-state index contributed by atoms with van der Waals surface area (Å²) in [5, 5.41) is 3.36. The van der Waals surface area contributed by atoms with E-state index in [0.717, 1.165) is 55.1 Å². The molecule has 44 heavy (non-hydrogen) atoms. The number of nitrogens with one attached hydrogen (secondary N) is 1. The van der Waals surface area contributed by atoms with Gasteiger partial charge in [-0.15, -0.1) is 0 Å². The van der Waals surface area contributed by atoms with Crippen LogP contribution in [0.4, 0.5) is 5.95 Å². The Labute approximate surface area is 255 Å². The van der Waals surface area contributed by atoms with Crippen LogP contribution in [0.25, 0.3) is 10.9 Å². The van der Waals surface area contributed by atoms with Crippen LogP contribution >= 0.6 is 0 Å². The monoisotopic (exact) mass is 600 g/mol. The predicted octanol–water partition coefficient (Wildman–Crippen LogP) is 1.75. The molecule has 0 saturated carbocycles. The van der Waals surface area contributed by atoms with Crippen LogP contribution in [-0.4, -0.2) is 103 Å². The van der Waals surface area contributed by atoms with Gasteiger partial charge in [0.15, 0.2) is 0 Å². The first-order chi connectivity index (χ1) is 21.4. The van der Waals surface area contributed by atoms with E-state index in [0.29, 0.717) is 44.1 Å². The number of imide groups is 1. The van der Waals surface area contributed by atoms with Crippen molar-refractivity contribution in [1.82, 2.24) is 25.1 Å². The maximum atomic E-state index is 13.1. The van der Waals surface area contributed by atoms with E-state index in [9.17, 15) is 14.4 Å². The van der Waals surface area contributed by atoms with Crippen molar-refractivity contribution in [2.45, 2.75) is 38.1 Å². The maximum absolute atomic E-state index is 13.1. The molecule has 0 spiro atoms. The molecule has 1 N–H and O–H groups in total. The first-order valence-electron chi connectivity index (χ1n) is 15.2. The molecule has 2 aromatic carbocycles. The van der Waals surface area contributed by atoms with Gasteiger partial charge < -0.3 is 24.0 Å². The normalized spacial score (nSPS) is 24.2. The smallest absolute Gasteiger partial charge is 0.255 e. The van der Waals surface area contributed by atoms with Crippen LogP contribution in [0.15, 0.2) is 42.6 Å². The highest BCUT2D eigenvalue weighted by atomic mass is 16.5. The molecule has 7 rings (SSSR count). The Balaban J connectivity index is 1.01. The van der Waals surface area contributed by atoms with Crippen LogP contribution in [0, 0.1) is 5.92 Å². The summed E-state index contributed by atoms with van der Waals surface area (Å²) in [6, 6.07) is 11.2. The fourth-order valence-corrected chi connectivity index (χ4v) is 6.71. The minimum Gasteiger partial charge on any atom is -0.489 e. The van der Waals surface area contributed by atoms with E-state index in [4.69, 9.17) is 19.2 Å². The number of aromatic nitrogens is 2. The van der Waals surface area contributed by atoms with Gasteiger partial charge in [0.2, 0.25) is 17.8 Å². The number of piperidine rings is 1. The van der Waals surface area contributed by atoms with Crippen molar-refractivity contribution in [2.75, 3.05) is 58.0 Å². The molecule has 4 aliphatic rings. The highest BCUT2D eigenvalue weighted by molar-refractivity contribution is 6.05. The minimum atomic E-state index is -0.639. The number of methoxy groups -OCH3 is 1. The van der Waals surface area contributed by atoms with Crippen molar-refractivity contribution in [3.05, 3.63) is 59.3 Å². The number of benzene rings is 2. The van der Waals surface area contributed by atoms with Gasteiger partial charge in [-0.25, -0.2) is 9.97 Å². The number of ether oxygens (including phenoxy) is 3. The van der Waals surface area contributed by atoms with Gasteiger partial charge in [-0.2, -0.15) is 0 Å². The van der Waals surface area contributed by atoms with Crippen LogP contribution in [0.3, 0.4) is 0 Å². The van der Waals surface area contributed by atoms with Crippen LogP contribution < -0.4 is 15.0 Å². The lowest BCUT2D eigenvalue weighted by molar-refractivity contribution is -0.136. The molecule has 0 radical (unpaired) electrons. The summed E-state index contributed by atoms with van der Waals surface area (Å²) in [4.78, 5) is 52.6. The van der Waals surface area contributed by atoms with E-state index >= 15 is 0 Å². The molecule has 3 atom stereocenters. The first-order valence-corrected chi connectivity index (χ1v) is 15.2. The second-order valence-electron chi connectivity index (χ2n) is 11.9. The number of likely N-dealkylation sites (tertiary alicyclic amines) is 1. The van der Waals surface area contributed by atoms with Crippen LogP contribution in [0.2, 0.25) is 0 Å². The topological polar surface area (TPSA) is 126 Å². The number of hydrogen-bond acceptors (Lipinski definition) is 10. The molecule has 1 aromatic heterocycles. The number of amides is 3. The van der Waals surface area contributed by atoms with Gasteiger partial charge in [0.25, 0.3) is 5.91 Å². The molecule has 0 aliphatic carbocycles. The van der Waals surface area contributed by atoms with Crippen molar-refractivity contribution in [3.8, 4) is 5.75 Å². The lowest BCUT2D eigenvalue weighted by Gasteiger charge is -2.29. The number of anilines is 1. The van der Waals surface area contributed by atoms with Crippen molar-refractivity contribution >= 4 is 34.6 Å². The van der Waals surface area contributed by atoms with Gasteiger partial charge in [0.1, 0.15) is 17.9 Å². The summed E-state index contributed by atoms with van der Waals surface area (Å²) < 4.78 is 17.5. The fourth-order valence-electron chi connectivity index (χ4n) is 6.71. The zero-order valence-electron chi connectivity index (χ0n) is 24.7. The largest absolute Gasteiger partial charge is 0.489 e. The average molecular weight is 601 g/mol. The second-order valence-corrected chi connectivity index (χ2v) is 11.9. The van der Waals surface area contributed by atoms with E-state index in [1.54, 1.807) is 18.1 Å². The van der Waals surface area contributed by atoms with E-state index in [1.807, 2.05) is 18.3 Å². The molecule has 3 aromatic rings. The Kier molecular flexibility index (Phi) is 7.87. The quantitative estimate of drug-likeness (QED) is 0.382. The summed E-state index contributed by atoms with van der Waals surface area (Å²) in [7, 11) is 1.71. The molecule has 4 aliphatic heterocycles. The van der Waals surface area contributed by atoms with Gasteiger partial charge in [0, 0.05) is 75.9 Å². The van der Waals surface area contributed by atoms with Gasteiger partial charge in [-0.3, -0.25) is 24.6 Å². The van der Waals surface area contributed by atoms with Gasteiger partial charge in [0.05, 0.1) is 25.3 Å². The Morgan fingerprint density at radius 2 is 1.93 bits per heavy atom. The molecule has 12 nitrogen and oxygen atoms in total. The molecule has 230 valence electrons. The van der Waals surface area contributed by atoms with Gasteiger partial charge >= 0.3 is 0 Å². The third-order valence-corrected chi connectivity index (χ3v) is 8.95. The molecule has 3 amide bonds. The van der Waals surface area contributed by atoms with Crippen LogP contribution in [-0.2, 0) is 32.2 Å². The van der Waals surface area contributed by atoms with Crippen molar-refractivity contribution in [2.24, 2.45) is 5.92 Å². The Bertz CT molecular complexity index is 1590. The van der Waals surface area contributed by atoms with Crippen molar-refractivity contribution < 1.29 is 28.6 Å². The summed E-state index contributed by atoms with van der Waals surface area (Å²) in [6.07, 6.45) is 2.38. The highest BCUT2D eigenvalue weighted by Gasteiger charge is 2.40. The van der Waals surface area contributed by atoms with E-state index < -0.39 is 11.9 Å². The van der Waals surface area contributed by atoms with Crippen molar-refractivity contribution in [3.63, 3.8) is 0 Å². The number of morpholine rings is 1. The number of carbonyl (C=O) groups excluding carboxylic acids is 3. The lowest BCUT2D eigenvalue weighted by Crippen LogP contribution is -2.52. The van der Waals surface area contributed by atoms with Crippen molar-refractivity contribution in [1.29, 1.82) is 0 Å². The highest BCUT2D eigenvalue weighted by Crippen LogP contribution is 2.32. The SMILES string of the molecule is COC[C@@H]1CN(Cc2ccc3nc(N4CCOCC4)ncc3c2)C[C@H]1Oc1ccc2c(c1)CN(C1CCC(=O)NC1=O)C2=O. The number of fused-ring (bicyclic) bond motifs is 2. The Morgan fingerprint density at radius 1 is 1.07 bits per heavy atom. The zero-order valence-corrected chi connectivity index (χ0v) is 24.7. The lowest BCUT2D eigenvalue weighted by atomic mass is 10.0. The number of hydrogen-bond donors (Lipinski definition) is 1. The molecular formula is C32H36N6O6. The first kappa shape index (κ1) is 28.6. The summed E-state index contributed by atoms with van der Waals surface area (Å²) in [6.45, 7) is 6.21. The number of nitrogens with zero attached hydrogens (tertiary/aromatic N) is 5. The summed E-state index contributed by atoms with van der Waals surface area (Å²) in [5.41, 5.74) is 3.50. The summed E-state index contributed by atoms with van der Waals surface area (Å²) >= 11 is 0. The predicted molar refractivity (Wildman–Crippen MR) is 160 cm³/mol.